The fourth-order valence-corrected chi connectivity index (χ4v) is 3.46. The Balaban J connectivity index is 1.97. The summed E-state index contributed by atoms with van der Waals surface area (Å²) in [6.45, 7) is 2.97. The second kappa shape index (κ2) is 6.88. The number of aromatic nitrogens is 2. The number of aryl methyl sites for hydroxylation is 1. The SMILES string of the molecule is Cc1cc(C(=O)N(CCN(C)C)c2nc3ccc(Cl)cc3s2)no1. The van der Waals surface area contributed by atoms with Gasteiger partial charge in [-0.15, -0.1) is 0 Å². The van der Waals surface area contributed by atoms with Crippen LogP contribution in [0.15, 0.2) is 28.8 Å². The number of rotatable bonds is 5. The molecule has 6 nitrogen and oxygen atoms in total. The van der Waals surface area contributed by atoms with Gasteiger partial charge in [-0.1, -0.05) is 28.1 Å². The molecule has 24 heavy (non-hydrogen) atoms. The number of hydrogen-bond donors (Lipinski definition) is 0. The van der Waals surface area contributed by atoms with Gasteiger partial charge in [0.05, 0.1) is 10.2 Å². The molecule has 0 aliphatic heterocycles. The van der Waals surface area contributed by atoms with Gasteiger partial charge < -0.3 is 9.42 Å². The predicted octanol–water partition coefficient (Wildman–Crippen LogP) is 3.45. The first-order chi connectivity index (χ1) is 11.4. The first-order valence-corrected chi connectivity index (χ1v) is 8.59. The van der Waals surface area contributed by atoms with Gasteiger partial charge in [-0.05, 0) is 39.2 Å². The molecule has 0 atom stereocenters. The van der Waals surface area contributed by atoms with Crippen LogP contribution >= 0.6 is 22.9 Å². The number of benzene rings is 1. The Bertz CT molecular complexity index is 874. The van der Waals surface area contributed by atoms with Crippen molar-refractivity contribution in [3.05, 3.63) is 40.7 Å². The first-order valence-electron chi connectivity index (χ1n) is 7.40. The Labute approximate surface area is 148 Å². The van der Waals surface area contributed by atoms with Crippen LogP contribution in [0.25, 0.3) is 10.2 Å². The van der Waals surface area contributed by atoms with Crippen molar-refractivity contribution in [3.63, 3.8) is 0 Å². The van der Waals surface area contributed by atoms with Gasteiger partial charge in [-0.2, -0.15) is 0 Å². The van der Waals surface area contributed by atoms with Crippen LogP contribution < -0.4 is 4.90 Å². The maximum Gasteiger partial charge on any atom is 0.282 e. The molecule has 0 spiro atoms. The van der Waals surface area contributed by atoms with E-state index in [9.17, 15) is 4.79 Å². The lowest BCUT2D eigenvalue weighted by Crippen LogP contribution is -2.36. The van der Waals surface area contributed by atoms with Crippen molar-refractivity contribution in [3.8, 4) is 0 Å². The molecule has 3 aromatic rings. The van der Waals surface area contributed by atoms with Gasteiger partial charge in [0.25, 0.3) is 5.91 Å². The van der Waals surface area contributed by atoms with Crippen molar-refractivity contribution in [2.24, 2.45) is 0 Å². The van der Waals surface area contributed by atoms with E-state index < -0.39 is 0 Å². The third kappa shape index (κ3) is 3.58. The number of carbonyl (C=O) groups excluding carboxylic acids is 1. The van der Waals surface area contributed by atoms with Crippen LogP contribution in [0.1, 0.15) is 16.2 Å². The molecule has 0 unspecified atom stereocenters. The number of hydrogen-bond acceptors (Lipinski definition) is 6. The molecular weight excluding hydrogens is 348 g/mol. The van der Waals surface area contributed by atoms with Crippen LogP contribution in [0, 0.1) is 6.92 Å². The van der Waals surface area contributed by atoms with E-state index in [4.69, 9.17) is 16.1 Å². The van der Waals surface area contributed by atoms with E-state index in [1.165, 1.54) is 11.3 Å². The van der Waals surface area contributed by atoms with Crippen LogP contribution in [-0.4, -0.2) is 48.1 Å². The molecule has 2 heterocycles. The number of fused-ring (bicyclic) bond motifs is 1. The van der Waals surface area contributed by atoms with Crippen molar-refractivity contribution in [1.82, 2.24) is 15.0 Å². The zero-order valence-corrected chi connectivity index (χ0v) is 15.2. The summed E-state index contributed by atoms with van der Waals surface area (Å²) in [6.07, 6.45) is 0. The second-order valence-corrected chi connectivity index (χ2v) is 7.14. The average Bonchev–Trinajstić information content (AvgIpc) is 3.12. The van der Waals surface area contributed by atoms with Crippen molar-refractivity contribution in [2.45, 2.75) is 6.92 Å². The zero-order chi connectivity index (χ0) is 17.3. The van der Waals surface area contributed by atoms with E-state index in [1.54, 1.807) is 24.0 Å². The van der Waals surface area contributed by atoms with Crippen molar-refractivity contribution >= 4 is 44.2 Å². The summed E-state index contributed by atoms with van der Waals surface area (Å²) < 4.78 is 5.97. The van der Waals surface area contributed by atoms with Crippen LogP contribution in [0.4, 0.5) is 5.13 Å². The Morgan fingerprint density at radius 3 is 2.75 bits per heavy atom. The molecule has 0 fully saturated rings. The number of amides is 1. The smallest absolute Gasteiger partial charge is 0.282 e. The van der Waals surface area contributed by atoms with Gasteiger partial charge in [-0.3, -0.25) is 9.69 Å². The number of carbonyl (C=O) groups is 1. The lowest BCUT2D eigenvalue weighted by atomic mass is 10.3. The highest BCUT2D eigenvalue weighted by Crippen LogP contribution is 2.31. The molecule has 0 aliphatic rings. The summed E-state index contributed by atoms with van der Waals surface area (Å²) in [5.41, 5.74) is 1.10. The summed E-state index contributed by atoms with van der Waals surface area (Å²) >= 11 is 7.47. The van der Waals surface area contributed by atoms with Crippen molar-refractivity contribution in [2.75, 3.05) is 32.1 Å². The second-order valence-electron chi connectivity index (χ2n) is 5.69. The lowest BCUT2D eigenvalue weighted by molar-refractivity contribution is 0.0976. The predicted molar refractivity (Wildman–Crippen MR) is 96.1 cm³/mol. The highest BCUT2D eigenvalue weighted by atomic mass is 35.5. The fourth-order valence-electron chi connectivity index (χ4n) is 2.19. The van der Waals surface area contributed by atoms with Crippen molar-refractivity contribution in [1.29, 1.82) is 0 Å². The minimum absolute atomic E-state index is 0.223. The average molecular weight is 365 g/mol. The van der Waals surface area contributed by atoms with E-state index in [0.29, 0.717) is 29.0 Å². The molecule has 3 rings (SSSR count). The summed E-state index contributed by atoms with van der Waals surface area (Å²) in [5.74, 6) is 0.376. The van der Waals surface area contributed by atoms with E-state index in [-0.39, 0.29) is 11.6 Å². The summed E-state index contributed by atoms with van der Waals surface area (Å²) in [7, 11) is 3.92. The minimum Gasteiger partial charge on any atom is -0.361 e. The molecule has 1 amide bonds. The van der Waals surface area contributed by atoms with Gasteiger partial charge in [0.2, 0.25) is 0 Å². The Morgan fingerprint density at radius 1 is 1.29 bits per heavy atom. The van der Waals surface area contributed by atoms with Gasteiger partial charge in [-0.25, -0.2) is 4.98 Å². The molecule has 8 heteroatoms. The van der Waals surface area contributed by atoms with E-state index >= 15 is 0 Å². The topological polar surface area (TPSA) is 62.5 Å². The van der Waals surface area contributed by atoms with Crippen LogP contribution in [0.2, 0.25) is 5.02 Å². The maximum absolute atomic E-state index is 12.8. The zero-order valence-electron chi connectivity index (χ0n) is 13.6. The number of anilines is 1. The summed E-state index contributed by atoms with van der Waals surface area (Å²) in [5, 5.41) is 5.11. The van der Waals surface area contributed by atoms with Gasteiger partial charge in [0, 0.05) is 24.2 Å². The van der Waals surface area contributed by atoms with E-state index in [0.717, 1.165) is 10.2 Å². The third-order valence-corrected chi connectivity index (χ3v) is 4.71. The minimum atomic E-state index is -0.223. The van der Waals surface area contributed by atoms with Crippen molar-refractivity contribution < 1.29 is 9.32 Å². The van der Waals surface area contributed by atoms with Crippen LogP contribution in [-0.2, 0) is 0 Å². The van der Waals surface area contributed by atoms with Gasteiger partial charge >= 0.3 is 0 Å². The molecule has 0 aliphatic carbocycles. The fraction of sp³-hybridized carbons (Fsp3) is 0.312. The van der Waals surface area contributed by atoms with Gasteiger partial charge in [0.1, 0.15) is 5.76 Å². The van der Waals surface area contributed by atoms with E-state index in [2.05, 4.69) is 10.1 Å². The third-order valence-electron chi connectivity index (χ3n) is 3.43. The largest absolute Gasteiger partial charge is 0.361 e. The monoisotopic (exact) mass is 364 g/mol. The van der Waals surface area contributed by atoms with E-state index in [1.807, 2.05) is 31.1 Å². The molecule has 126 valence electrons. The molecular formula is C16H17ClN4O2S. The molecule has 0 saturated carbocycles. The molecule has 0 bridgehead atoms. The molecule has 0 radical (unpaired) electrons. The quantitative estimate of drug-likeness (QED) is 0.693. The maximum atomic E-state index is 12.8. The van der Waals surface area contributed by atoms with Crippen LogP contribution in [0.3, 0.4) is 0 Å². The molecule has 1 aromatic carbocycles. The standard InChI is InChI=1S/C16H17ClN4O2S/c1-10-8-13(19-23-10)15(22)21(7-6-20(2)3)16-18-12-5-4-11(17)9-14(12)24-16/h4-5,8-9H,6-7H2,1-3H3. The normalized spacial score (nSPS) is 11.4. The lowest BCUT2D eigenvalue weighted by Gasteiger charge is -2.20. The Morgan fingerprint density at radius 2 is 2.08 bits per heavy atom. The number of halogens is 1. The number of nitrogens with zero attached hydrogens (tertiary/aromatic N) is 4. The summed E-state index contributed by atoms with van der Waals surface area (Å²) in [6, 6.07) is 7.13. The molecule has 0 saturated heterocycles. The highest BCUT2D eigenvalue weighted by Gasteiger charge is 2.24. The first kappa shape index (κ1) is 16.9. The molecule has 2 aromatic heterocycles. The number of likely N-dealkylation sites (N-methyl/N-ethyl adjacent to an activating group) is 1. The highest BCUT2D eigenvalue weighted by molar-refractivity contribution is 7.22. The molecule has 0 N–H and O–H groups in total. The summed E-state index contributed by atoms with van der Waals surface area (Å²) in [4.78, 5) is 21.1. The van der Waals surface area contributed by atoms with Gasteiger partial charge in [0.15, 0.2) is 10.8 Å². The Kier molecular flexibility index (Phi) is 4.84. The number of thiazole rings is 1. The van der Waals surface area contributed by atoms with Crippen LogP contribution in [0.5, 0.6) is 0 Å². The Hall–Kier alpha value is -1.96.